The number of hydrogen-bond donors (Lipinski definition) is 0. The summed E-state index contributed by atoms with van der Waals surface area (Å²) in [4.78, 5) is 28.2. The number of carbonyl (C=O) groups excluding carboxylic acids is 2. The number of morpholine rings is 1. The summed E-state index contributed by atoms with van der Waals surface area (Å²) in [6, 6.07) is 5.69. The number of carbonyl (C=O) groups is 2. The lowest BCUT2D eigenvalue weighted by molar-refractivity contribution is -0.140. The molecule has 0 radical (unpaired) electrons. The van der Waals surface area contributed by atoms with E-state index in [9.17, 15) is 14.0 Å². The molecule has 0 aliphatic carbocycles. The Hall–Kier alpha value is -1.95. The van der Waals surface area contributed by atoms with Crippen LogP contribution in [0.25, 0.3) is 0 Å². The van der Waals surface area contributed by atoms with E-state index in [0.29, 0.717) is 26.3 Å². The van der Waals surface area contributed by atoms with Gasteiger partial charge in [-0.05, 0) is 17.7 Å². The van der Waals surface area contributed by atoms with Gasteiger partial charge < -0.3 is 14.5 Å². The molecule has 2 aliphatic rings. The summed E-state index contributed by atoms with van der Waals surface area (Å²) in [6.07, 6.45) is 0.203. The predicted octanol–water partition coefficient (Wildman–Crippen LogP) is 1.20. The van der Waals surface area contributed by atoms with E-state index in [1.54, 1.807) is 29.0 Å². The molecule has 2 heterocycles. The molecule has 0 spiro atoms. The van der Waals surface area contributed by atoms with E-state index in [2.05, 4.69) is 0 Å². The van der Waals surface area contributed by atoms with Crippen LogP contribution in [0.15, 0.2) is 24.3 Å². The molecule has 0 N–H and O–H groups in total. The second-order valence-electron chi connectivity index (χ2n) is 5.75. The molecule has 2 amide bonds. The summed E-state index contributed by atoms with van der Waals surface area (Å²) in [7, 11) is 1.70. The van der Waals surface area contributed by atoms with Crippen LogP contribution in [0.2, 0.25) is 0 Å². The summed E-state index contributed by atoms with van der Waals surface area (Å²) < 4.78 is 18.4. The van der Waals surface area contributed by atoms with Crippen LogP contribution in [0, 0.1) is 11.7 Å². The van der Waals surface area contributed by atoms with Crippen molar-refractivity contribution in [2.75, 3.05) is 33.4 Å². The Balaban J connectivity index is 1.86. The number of rotatable bonds is 2. The lowest BCUT2D eigenvalue weighted by Gasteiger charge is -2.32. The normalized spacial score (nSPS) is 25.6. The minimum Gasteiger partial charge on any atom is -0.378 e. The molecule has 1 aromatic carbocycles. The van der Waals surface area contributed by atoms with Crippen LogP contribution in [0.1, 0.15) is 18.0 Å². The van der Waals surface area contributed by atoms with Gasteiger partial charge in [0.15, 0.2) is 0 Å². The fourth-order valence-corrected chi connectivity index (χ4v) is 3.23. The van der Waals surface area contributed by atoms with Crippen molar-refractivity contribution in [3.8, 4) is 0 Å². The van der Waals surface area contributed by atoms with Crippen LogP contribution in [0.3, 0.4) is 0 Å². The quantitative estimate of drug-likeness (QED) is 0.825. The Kier molecular flexibility index (Phi) is 4.11. The smallest absolute Gasteiger partial charge is 0.228 e. The fourth-order valence-electron chi connectivity index (χ4n) is 3.23. The molecule has 1 aromatic rings. The van der Waals surface area contributed by atoms with Gasteiger partial charge >= 0.3 is 0 Å². The molecule has 3 rings (SSSR count). The molecule has 2 saturated heterocycles. The van der Waals surface area contributed by atoms with Crippen molar-refractivity contribution >= 4 is 11.8 Å². The van der Waals surface area contributed by atoms with Crippen LogP contribution < -0.4 is 0 Å². The Morgan fingerprint density at radius 2 is 1.86 bits per heavy atom. The average Bonchev–Trinajstić information content (AvgIpc) is 2.84. The maximum absolute atomic E-state index is 13.1. The minimum absolute atomic E-state index is 0.0182. The van der Waals surface area contributed by atoms with Gasteiger partial charge in [0, 0.05) is 26.6 Å². The molecule has 2 fully saturated rings. The van der Waals surface area contributed by atoms with Gasteiger partial charge in [0.25, 0.3) is 0 Å². The van der Waals surface area contributed by atoms with Crippen molar-refractivity contribution in [2.24, 2.45) is 5.92 Å². The zero-order valence-corrected chi connectivity index (χ0v) is 12.5. The number of amides is 2. The van der Waals surface area contributed by atoms with Crippen molar-refractivity contribution < 1.29 is 18.7 Å². The molecule has 0 saturated carbocycles. The summed E-state index contributed by atoms with van der Waals surface area (Å²) in [5.74, 6) is -0.816. The highest BCUT2D eigenvalue weighted by Gasteiger charge is 2.44. The number of likely N-dealkylation sites (tertiary alicyclic amines) is 1. The third kappa shape index (κ3) is 2.70. The van der Waals surface area contributed by atoms with Crippen LogP contribution in [-0.2, 0) is 14.3 Å². The van der Waals surface area contributed by atoms with Crippen LogP contribution in [-0.4, -0.2) is 55.0 Å². The van der Waals surface area contributed by atoms with E-state index in [0.717, 1.165) is 5.56 Å². The van der Waals surface area contributed by atoms with Gasteiger partial charge in [-0.25, -0.2) is 4.39 Å². The molecule has 0 bridgehead atoms. The first-order chi connectivity index (χ1) is 10.6. The molecule has 22 heavy (non-hydrogen) atoms. The topological polar surface area (TPSA) is 49.9 Å². The van der Waals surface area contributed by atoms with E-state index in [-0.39, 0.29) is 30.1 Å². The van der Waals surface area contributed by atoms with Crippen molar-refractivity contribution in [1.29, 1.82) is 0 Å². The number of benzene rings is 1. The maximum Gasteiger partial charge on any atom is 0.228 e. The Morgan fingerprint density at radius 1 is 1.23 bits per heavy atom. The standard InChI is InChI=1S/C16H19FN2O3/c1-18-14(20)10-13(16(21)19-6-8-22-9-7-19)15(18)11-2-4-12(17)5-3-11/h2-5,13,15H,6-10H2,1H3/t13-,15-/m0/s1. The van der Waals surface area contributed by atoms with E-state index in [1.807, 2.05) is 0 Å². The summed E-state index contributed by atoms with van der Waals surface area (Å²) in [6.45, 7) is 2.18. The zero-order valence-electron chi connectivity index (χ0n) is 12.5. The third-order valence-corrected chi connectivity index (χ3v) is 4.44. The first kappa shape index (κ1) is 15.0. The van der Waals surface area contributed by atoms with E-state index in [1.165, 1.54) is 12.1 Å². The fraction of sp³-hybridized carbons (Fsp3) is 0.500. The van der Waals surface area contributed by atoms with E-state index in [4.69, 9.17) is 4.74 Å². The Labute approximate surface area is 128 Å². The number of nitrogens with zero attached hydrogens (tertiary/aromatic N) is 2. The second kappa shape index (κ2) is 6.04. The first-order valence-corrected chi connectivity index (χ1v) is 7.45. The van der Waals surface area contributed by atoms with E-state index >= 15 is 0 Å². The van der Waals surface area contributed by atoms with Gasteiger partial charge in [-0.2, -0.15) is 0 Å². The lowest BCUT2D eigenvalue weighted by atomic mass is 9.92. The first-order valence-electron chi connectivity index (χ1n) is 7.45. The maximum atomic E-state index is 13.1. The summed E-state index contributed by atoms with van der Waals surface area (Å²) >= 11 is 0. The number of halogens is 1. The highest BCUT2D eigenvalue weighted by Crippen LogP contribution is 2.38. The molecule has 5 nitrogen and oxygen atoms in total. The molecular formula is C16H19FN2O3. The van der Waals surface area contributed by atoms with Crippen molar-refractivity contribution in [3.63, 3.8) is 0 Å². The Bertz CT molecular complexity index is 569. The number of ether oxygens (including phenoxy) is 1. The zero-order chi connectivity index (χ0) is 15.7. The molecule has 0 aromatic heterocycles. The van der Waals surface area contributed by atoms with Crippen LogP contribution >= 0.6 is 0 Å². The molecular weight excluding hydrogens is 287 g/mol. The highest BCUT2D eigenvalue weighted by atomic mass is 19.1. The summed E-state index contributed by atoms with van der Waals surface area (Å²) in [5.41, 5.74) is 0.793. The molecule has 6 heteroatoms. The predicted molar refractivity (Wildman–Crippen MR) is 77.4 cm³/mol. The van der Waals surface area contributed by atoms with Gasteiger partial charge in [-0.1, -0.05) is 12.1 Å². The minimum atomic E-state index is -0.416. The van der Waals surface area contributed by atoms with Gasteiger partial charge in [0.2, 0.25) is 11.8 Å². The molecule has 2 aliphatic heterocycles. The van der Waals surface area contributed by atoms with Crippen LogP contribution in [0.5, 0.6) is 0 Å². The molecule has 118 valence electrons. The van der Waals surface area contributed by atoms with Gasteiger partial charge in [-0.15, -0.1) is 0 Å². The largest absolute Gasteiger partial charge is 0.378 e. The van der Waals surface area contributed by atoms with Crippen molar-refractivity contribution in [1.82, 2.24) is 9.80 Å². The van der Waals surface area contributed by atoms with Gasteiger partial charge in [0.05, 0.1) is 25.2 Å². The van der Waals surface area contributed by atoms with E-state index < -0.39 is 5.92 Å². The Morgan fingerprint density at radius 3 is 2.50 bits per heavy atom. The monoisotopic (exact) mass is 306 g/mol. The lowest BCUT2D eigenvalue weighted by Crippen LogP contribution is -2.44. The third-order valence-electron chi connectivity index (χ3n) is 4.44. The van der Waals surface area contributed by atoms with Crippen molar-refractivity contribution in [2.45, 2.75) is 12.5 Å². The highest BCUT2D eigenvalue weighted by molar-refractivity contribution is 5.90. The molecule has 0 unspecified atom stereocenters. The average molecular weight is 306 g/mol. The van der Waals surface area contributed by atoms with Gasteiger partial charge in [0.1, 0.15) is 5.82 Å². The number of hydrogen-bond acceptors (Lipinski definition) is 3. The SMILES string of the molecule is CN1C(=O)C[C@H](C(=O)N2CCOCC2)[C@@H]1c1ccc(F)cc1. The summed E-state index contributed by atoms with van der Waals surface area (Å²) in [5, 5.41) is 0. The van der Waals surface area contributed by atoms with Gasteiger partial charge in [-0.3, -0.25) is 9.59 Å². The molecule has 2 atom stereocenters. The van der Waals surface area contributed by atoms with Crippen LogP contribution in [0.4, 0.5) is 4.39 Å². The second-order valence-corrected chi connectivity index (χ2v) is 5.75. The van der Waals surface area contributed by atoms with Crippen molar-refractivity contribution in [3.05, 3.63) is 35.6 Å².